The van der Waals surface area contributed by atoms with Gasteiger partial charge in [-0.15, -0.1) is 0 Å². The summed E-state index contributed by atoms with van der Waals surface area (Å²) in [6.07, 6.45) is -8.43. The average Bonchev–Trinajstić information content (AvgIpc) is 3.21. The molecule has 2 aromatic rings. The lowest BCUT2D eigenvalue weighted by Crippen LogP contribution is -2.33. The van der Waals surface area contributed by atoms with Gasteiger partial charge in [-0.05, 0) is 25.1 Å². The predicted molar refractivity (Wildman–Crippen MR) is 113 cm³/mol. The lowest BCUT2D eigenvalue weighted by Gasteiger charge is -2.23. The highest BCUT2D eigenvalue weighted by atomic mass is 19.4. The molecule has 0 aliphatic carbocycles. The number of ether oxygens (including phenoxy) is 1. The summed E-state index contributed by atoms with van der Waals surface area (Å²) in [4.78, 5) is 27.3. The van der Waals surface area contributed by atoms with Crippen LogP contribution in [0.1, 0.15) is 17.0 Å². The lowest BCUT2D eigenvalue weighted by atomic mass is 10.2. The highest BCUT2D eigenvalue weighted by molar-refractivity contribution is 5.73. The van der Waals surface area contributed by atoms with E-state index in [1.54, 1.807) is 13.4 Å². The minimum atomic E-state index is -5.08. The third-order valence-corrected chi connectivity index (χ3v) is 4.48. The number of rotatable bonds is 5. The van der Waals surface area contributed by atoms with Gasteiger partial charge >= 0.3 is 24.3 Å². The second-order valence-electron chi connectivity index (χ2n) is 7.31. The highest BCUT2D eigenvalue weighted by Crippen LogP contribution is 2.24. The molecule has 1 aliphatic heterocycles. The van der Waals surface area contributed by atoms with E-state index in [0.29, 0.717) is 6.61 Å². The molecule has 0 aromatic carbocycles. The average molecular weight is 529 g/mol. The summed E-state index contributed by atoms with van der Waals surface area (Å²) in [5.74, 6) is -3.41. The number of aryl methyl sites for hydroxylation is 1. The molecule has 36 heavy (non-hydrogen) atoms. The molecular weight excluding hydrogens is 504 g/mol. The number of aromatic nitrogens is 1. The molecule has 0 saturated carbocycles. The zero-order chi connectivity index (χ0) is 27.5. The van der Waals surface area contributed by atoms with Gasteiger partial charge in [0.2, 0.25) is 0 Å². The number of aliphatic carboxylic acids is 2. The number of pyridine rings is 1. The topological polar surface area (TPSA) is 116 Å². The van der Waals surface area contributed by atoms with E-state index in [0.717, 1.165) is 50.0 Å². The van der Waals surface area contributed by atoms with Gasteiger partial charge < -0.3 is 24.3 Å². The maximum absolute atomic E-state index is 10.6. The van der Waals surface area contributed by atoms with Crippen LogP contribution < -0.4 is 4.90 Å². The Kier molecular flexibility index (Phi) is 11.7. The molecule has 2 aromatic heterocycles. The van der Waals surface area contributed by atoms with Crippen molar-refractivity contribution in [1.82, 2.24) is 9.88 Å². The minimum absolute atomic E-state index is 0.716. The zero-order valence-corrected chi connectivity index (χ0v) is 19.3. The van der Waals surface area contributed by atoms with Gasteiger partial charge in [0, 0.05) is 44.5 Å². The number of halogens is 6. The molecule has 2 N–H and O–H groups in total. The Morgan fingerprint density at radius 3 is 2.11 bits per heavy atom. The van der Waals surface area contributed by atoms with Crippen molar-refractivity contribution in [3.63, 3.8) is 0 Å². The number of carboxylic acids is 2. The first-order valence-electron chi connectivity index (χ1n) is 10.2. The Labute approximate surface area is 201 Å². The molecule has 0 saturated heterocycles. The molecule has 0 atom stereocenters. The summed E-state index contributed by atoms with van der Waals surface area (Å²) in [6, 6.07) is 8.25. The second kappa shape index (κ2) is 13.7. The number of hydrogen-bond acceptors (Lipinski definition) is 7. The predicted octanol–water partition coefficient (Wildman–Crippen LogP) is 3.72. The fourth-order valence-electron chi connectivity index (χ4n) is 2.83. The van der Waals surface area contributed by atoms with Gasteiger partial charge in [-0.25, -0.2) is 14.6 Å². The van der Waals surface area contributed by atoms with Crippen molar-refractivity contribution >= 4 is 17.8 Å². The number of carbonyl (C=O) groups is 2. The molecular formula is C21H25F6N3O6. The third-order valence-electron chi connectivity index (χ3n) is 4.48. The SMILES string of the molecule is COCCN1CCN(Cc2ccco2)Cc2ccc(C)nc21.O=C(O)C(F)(F)F.O=C(O)C(F)(F)F. The van der Waals surface area contributed by atoms with Gasteiger partial charge in [-0.3, -0.25) is 4.90 Å². The Bertz CT molecular complexity index is 942. The molecule has 3 rings (SSSR count). The first-order chi connectivity index (χ1) is 16.6. The number of fused-ring (bicyclic) bond motifs is 1. The molecule has 1 aliphatic rings. The quantitative estimate of drug-likeness (QED) is 0.559. The van der Waals surface area contributed by atoms with E-state index in [-0.39, 0.29) is 0 Å². The molecule has 0 radical (unpaired) electrons. The normalized spacial score (nSPS) is 13.9. The molecule has 202 valence electrons. The summed E-state index contributed by atoms with van der Waals surface area (Å²) < 4.78 is 74.2. The first kappa shape index (κ1) is 30.7. The number of nitrogens with zero attached hydrogens (tertiary/aromatic N) is 3. The van der Waals surface area contributed by atoms with E-state index < -0.39 is 24.3 Å². The van der Waals surface area contributed by atoms with Crippen LogP contribution >= 0.6 is 0 Å². The fraction of sp³-hybridized carbons (Fsp3) is 0.476. The van der Waals surface area contributed by atoms with Crippen molar-refractivity contribution in [3.05, 3.63) is 47.5 Å². The number of alkyl halides is 6. The Morgan fingerprint density at radius 2 is 1.64 bits per heavy atom. The number of anilines is 1. The molecule has 0 fully saturated rings. The largest absolute Gasteiger partial charge is 0.490 e. The van der Waals surface area contributed by atoms with Gasteiger partial charge in [0.1, 0.15) is 11.6 Å². The third kappa shape index (κ3) is 10.9. The molecule has 0 amide bonds. The van der Waals surface area contributed by atoms with E-state index in [2.05, 4.69) is 21.9 Å². The van der Waals surface area contributed by atoms with Gasteiger partial charge in [-0.2, -0.15) is 26.3 Å². The van der Waals surface area contributed by atoms with E-state index in [1.807, 2.05) is 19.1 Å². The maximum atomic E-state index is 10.6. The number of furan rings is 1. The second-order valence-corrected chi connectivity index (χ2v) is 7.31. The molecule has 9 nitrogen and oxygen atoms in total. The van der Waals surface area contributed by atoms with Gasteiger partial charge in [-0.1, -0.05) is 6.07 Å². The molecule has 3 heterocycles. The smallest absolute Gasteiger partial charge is 0.475 e. The summed E-state index contributed by atoms with van der Waals surface area (Å²) in [5.41, 5.74) is 2.33. The molecule has 0 bridgehead atoms. The van der Waals surface area contributed by atoms with Gasteiger partial charge in [0.05, 0.1) is 19.4 Å². The molecule has 0 unspecified atom stereocenters. The minimum Gasteiger partial charge on any atom is -0.475 e. The Morgan fingerprint density at radius 1 is 1.06 bits per heavy atom. The highest BCUT2D eigenvalue weighted by Gasteiger charge is 2.38. The molecule has 15 heteroatoms. The number of methoxy groups -OCH3 is 1. The number of carboxylic acid groups (broad SMARTS) is 2. The summed E-state index contributed by atoms with van der Waals surface area (Å²) in [7, 11) is 1.74. The van der Waals surface area contributed by atoms with Crippen LogP contribution in [0.25, 0.3) is 0 Å². The zero-order valence-electron chi connectivity index (χ0n) is 19.3. The van der Waals surface area contributed by atoms with Crippen molar-refractivity contribution in [1.29, 1.82) is 0 Å². The monoisotopic (exact) mass is 529 g/mol. The van der Waals surface area contributed by atoms with E-state index in [1.165, 1.54) is 5.56 Å². The number of hydrogen-bond donors (Lipinski definition) is 2. The van der Waals surface area contributed by atoms with Crippen molar-refractivity contribution in [2.45, 2.75) is 32.4 Å². The van der Waals surface area contributed by atoms with Gasteiger partial charge in [0.25, 0.3) is 0 Å². The lowest BCUT2D eigenvalue weighted by molar-refractivity contribution is -0.193. The van der Waals surface area contributed by atoms with Crippen LogP contribution in [0.5, 0.6) is 0 Å². The van der Waals surface area contributed by atoms with Crippen molar-refractivity contribution in [3.8, 4) is 0 Å². The van der Waals surface area contributed by atoms with Gasteiger partial charge in [0.15, 0.2) is 0 Å². The fourth-order valence-corrected chi connectivity index (χ4v) is 2.83. The summed E-state index contributed by atoms with van der Waals surface area (Å²) in [6.45, 7) is 7.29. The standard InChI is InChI=1S/C17H23N3O2.2C2HF3O2/c1-14-5-6-15-12-19(13-16-4-3-10-22-16)7-8-20(9-11-21-2)17(15)18-14;2*3-2(4,5)1(6)7/h3-6,10H,7-9,11-13H2,1-2H3;2*(H,6,7). The van der Waals surface area contributed by atoms with E-state index in [9.17, 15) is 26.3 Å². The van der Waals surface area contributed by atoms with Crippen LogP contribution in [0.15, 0.2) is 34.9 Å². The van der Waals surface area contributed by atoms with Crippen LogP contribution in [-0.4, -0.2) is 77.7 Å². The van der Waals surface area contributed by atoms with Crippen LogP contribution in [-0.2, 0) is 27.4 Å². The summed E-state index contributed by atoms with van der Waals surface area (Å²) in [5, 5.41) is 14.2. The van der Waals surface area contributed by atoms with Crippen LogP contribution in [0, 0.1) is 6.92 Å². The van der Waals surface area contributed by atoms with Crippen LogP contribution in [0.4, 0.5) is 32.2 Å². The summed E-state index contributed by atoms with van der Waals surface area (Å²) >= 11 is 0. The van der Waals surface area contributed by atoms with Crippen LogP contribution in [0.3, 0.4) is 0 Å². The first-order valence-corrected chi connectivity index (χ1v) is 10.2. The molecule has 0 spiro atoms. The maximum Gasteiger partial charge on any atom is 0.490 e. The van der Waals surface area contributed by atoms with Crippen molar-refractivity contribution in [2.24, 2.45) is 0 Å². The van der Waals surface area contributed by atoms with Crippen molar-refractivity contribution in [2.75, 3.05) is 38.3 Å². The van der Waals surface area contributed by atoms with Crippen molar-refractivity contribution < 1.29 is 55.3 Å². The van der Waals surface area contributed by atoms with E-state index in [4.69, 9.17) is 33.9 Å². The van der Waals surface area contributed by atoms with E-state index >= 15 is 0 Å². The van der Waals surface area contributed by atoms with Crippen LogP contribution in [0.2, 0.25) is 0 Å². The Balaban J connectivity index is 0.000000383. The Hall–Kier alpha value is -3.33.